The van der Waals surface area contributed by atoms with Crippen molar-refractivity contribution in [1.82, 2.24) is 4.98 Å². The van der Waals surface area contributed by atoms with E-state index >= 15 is 0 Å². The number of rotatable bonds is 4. The molecule has 0 bridgehead atoms. The van der Waals surface area contributed by atoms with Gasteiger partial charge in [-0.25, -0.2) is 0 Å². The molecule has 0 saturated heterocycles. The number of hydrogen-bond acceptors (Lipinski definition) is 3. The van der Waals surface area contributed by atoms with Crippen molar-refractivity contribution in [1.29, 1.82) is 0 Å². The second-order valence-electron chi connectivity index (χ2n) is 4.67. The third-order valence-corrected chi connectivity index (χ3v) is 4.40. The van der Waals surface area contributed by atoms with Crippen LogP contribution < -0.4 is 5.73 Å². The molecular weight excluding hydrogens is 216 g/mol. The van der Waals surface area contributed by atoms with Gasteiger partial charge < -0.3 is 5.73 Å². The monoisotopic (exact) mass is 236 g/mol. The Balaban J connectivity index is 1.84. The van der Waals surface area contributed by atoms with Gasteiger partial charge in [0.2, 0.25) is 0 Å². The smallest absolute Gasteiger partial charge is 0.0569 e. The summed E-state index contributed by atoms with van der Waals surface area (Å²) in [6, 6.07) is 4.22. The van der Waals surface area contributed by atoms with Crippen LogP contribution in [0.15, 0.2) is 23.2 Å². The van der Waals surface area contributed by atoms with Gasteiger partial charge in [-0.1, -0.05) is 12.8 Å². The van der Waals surface area contributed by atoms with Crippen molar-refractivity contribution in [2.24, 2.45) is 11.7 Å². The summed E-state index contributed by atoms with van der Waals surface area (Å²) in [5.74, 6) is 2.18. The first kappa shape index (κ1) is 11.9. The molecule has 1 heterocycles. The zero-order chi connectivity index (χ0) is 11.4. The molecule has 88 valence electrons. The van der Waals surface area contributed by atoms with Crippen LogP contribution in [0.1, 0.15) is 44.3 Å². The molecule has 1 aromatic rings. The fraction of sp³-hybridized carbons (Fsp3) is 0.615. The van der Waals surface area contributed by atoms with Crippen molar-refractivity contribution in [2.45, 2.75) is 43.5 Å². The lowest BCUT2D eigenvalue weighted by Gasteiger charge is -2.09. The van der Waals surface area contributed by atoms with Crippen LogP contribution in [0.4, 0.5) is 0 Å². The van der Waals surface area contributed by atoms with Gasteiger partial charge in [0.1, 0.15) is 0 Å². The number of nitrogens with two attached hydrogens (primary N) is 1. The summed E-state index contributed by atoms with van der Waals surface area (Å²) >= 11 is 1.93. The Morgan fingerprint density at radius 1 is 1.44 bits per heavy atom. The summed E-state index contributed by atoms with van der Waals surface area (Å²) < 4.78 is 0. The van der Waals surface area contributed by atoms with Crippen molar-refractivity contribution in [2.75, 3.05) is 5.75 Å². The van der Waals surface area contributed by atoms with Gasteiger partial charge >= 0.3 is 0 Å². The Labute approximate surface area is 102 Å². The topological polar surface area (TPSA) is 38.9 Å². The van der Waals surface area contributed by atoms with Gasteiger partial charge in [-0.2, -0.15) is 0 Å². The zero-order valence-electron chi connectivity index (χ0n) is 9.86. The maximum atomic E-state index is 5.77. The molecule has 0 spiro atoms. The Kier molecular flexibility index (Phi) is 4.24. The van der Waals surface area contributed by atoms with Gasteiger partial charge in [0, 0.05) is 22.9 Å². The van der Waals surface area contributed by atoms with E-state index in [0.29, 0.717) is 0 Å². The third-order valence-electron chi connectivity index (χ3n) is 3.19. The van der Waals surface area contributed by atoms with E-state index in [9.17, 15) is 0 Å². The zero-order valence-corrected chi connectivity index (χ0v) is 10.7. The summed E-state index contributed by atoms with van der Waals surface area (Å²) in [4.78, 5) is 5.65. The molecule has 1 fully saturated rings. The van der Waals surface area contributed by atoms with E-state index < -0.39 is 0 Å². The van der Waals surface area contributed by atoms with Crippen LogP contribution in [0.5, 0.6) is 0 Å². The van der Waals surface area contributed by atoms with Gasteiger partial charge in [-0.3, -0.25) is 4.98 Å². The molecule has 0 radical (unpaired) electrons. The lowest BCUT2D eigenvalue weighted by molar-refractivity contribution is 0.623. The molecule has 1 unspecified atom stereocenters. The van der Waals surface area contributed by atoms with Gasteiger partial charge in [0.15, 0.2) is 0 Å². The van der Waals surface area contributed by atoms with Gasteiger partial charge in [-0.15, -0.1) is 11.8 Å². The van der Waals surface area contributed by atoms with Crippen LogP contribution in [-0.2, 0) is 0 Å². The molecule has 1 saturated carbocycles. The van der Waals surface area contributed by atoms with Crippen LogP contribution in [0.25, 0.3) is 0 Å². The average Bonchev–Trinajstić information content (AvgIpc) is 2.80. The third kappa shape index (κ3) is 3.22. The van der Waals surface area contributed by atoms with Gasteiger partial charge in [0.05, 0.1) is 5.69 Å². The van der Waals surface area contributed by atoms with E-state index in [-0.39, 0.29) is 6.04 Å². The van der Waals surface area contributed by atoms with Crippen molar-refractivity contribution in [3.63, 3.8) is 0 Å². The predicted octanol–water partition coefficient (Wildman–Crippen LogP) is 3.38. The fourth-order valence-corrected chi connectivity index (χ4v) is 3.19. The van der Waals surface area contributed by atoms with Gasteiger partial charge in [-0.05, 0) is 37.8 Å². The summed E-state index contributed by atoms with van der Waals surface area (Å²) in [6.45, 7) is 1.97. The molecule has 0 amide bonds. The highest BCUT2D eigenvalue weighted by atomic mass is 32.2. The summed E-state index contributed by atoms with van der Waals surface area (Å²) in [6.07, 6.45) is 7.63. The largest absolute Gasteiger partial charge is 0.323 e. The number of nitrogens with zero attached hydrogens (tertiary/aromatic N) is 1. The minimum absolute atomic E-state index is 0.0360. The average molecular weight is 236 g/mol. The van der Waals surface area contributed by atoms with E-state index in [0.717, 1.165) is 11.6 Å². The predicted molar refractivity (Wildman–Crippen MR) is 69.5 cm³/mol. The number of pyridine rings is 1. The quantitative estimate of drug-likeness (QED) is 0.814. The van der Waals surface area contributed by atoms with Crippen LogP contribution >= 0.6 is 11.8 Å². The van der Waals surface area contributed by atoms with E-state index in [1.54, 1.807) is 0 Å². The van der Waals surface area contributed by atoms with E-state index in [1.807, 2.05) is 30.9 Å². The maximum Gasteiger partial charge on any atom is 0.0569 e. The molecular formula is C13H20N2S. The molecule has 2 nitrogen and oxygen atoms in total. The highest BCUT2D eigenvalue weighted by Gasteiger charge is 2.14. The Bertz CT molecular complexity index is 315. The molecule has 2 rings (SSSR count). The SMILES string of the molecule is CC(N)c1ccc(SCC2CCCC2)cn1. The summed E-state index contributed by atoms with van der Waals surface area (Å²) in [5.41, 5.74) is 6.75. The van der Waals surface area contributed by atoms with E-state index in [4.69, 9.17) is 5.73 Å². The van der Waals surface area contributed by atoms with Crippen LogP contribution in [0.3, 0.4) is 0 Å². The second-order valence-corrected chi connectivity index (χ2v) is 5.76. The summed E-state index contributed by atoms with van der Waals surface area (Å²) in [5, 5.41) is 0. The molecule has 2 N–H and O–H groups in total. The Morgan fingerprint density at radius 3 is 2.75 bits per heavy atom. The molecule has 3 heteroatoms. The second kappa shape index (κ2) is 5.69. The lowest BCUT2D eigenvalue weighted by atomic mass is 10.1. The van der Waals surface area contributed by atoms with Crippen molar-refractivity contribution >= 4 is 11.8 Å². The molecule has 0 aliphatic heterocycles. The highest BCUT2D eigenvalue weighted by molar-refractivity contribution is 7.99. The van der Waals surface area contributed by atoms with Crippen molar-refractivity contribution in [3.05, 3.63) is 24.0 Å². The highest BCUT2D eigenvalue weighted by Crippen LogP contribution is 2.30. The fourth-order valence-electron chi connectivity index (χ4n) is 2.14. The Morgan fingerprint density at radius 2 is 2.19 bits per heavy atom. The Hall–Kier alpha value is -0.540. The van der Waals surface area contributed by atoms with Gasteiger partial charge in [0.25, 0.3) is 0 Å². The van der Waals surface area contributed by atoms with Crippen LogP contribution in [0, 0.1) is 5.92 Å². The van der Waals surface area contributed by atoms with Crippen LogP contribution in [-0.4, -0.2) is 10.7 Å². The molecule has 1 atom stereocenters. The maximum absolute atomic E-state index is 5.77. The minimum atomic E-state index is 0.0360. The molecule has 0 aromatic carbocycles. The number of aromatic nitrogens is 1. The minimum Gasteiger partial charge on any atom is -0.323 e. The summed E-state index contributed by atoms with van der Waals surface area (Å²) in [7, 11) is 0. The van der Waals surface area contributed by atoms with Crippen LogP contribution in [0.2, 0.25) is 0 Å². The first-order valence-corrected chi connectivity index (χ1v) is 7.08. The number of hydrogen-bond donors (Lipinski definition) is 1. The number of thioether (sulfide) groups is 1. The molecule has 1 aromatic heterocycles. The molecule has 1 aliphatic carbocycles. The van der Waals surface area contributed by atoms with E-state index in [2.05, 4.69) is 11.1 Å². The molecule has 1 aliphatic rings. The lowest BCUT2D eigenvalue weighted by Crippen LogP contribution is -2.06. The molecule has 16 heavy (non-hydrogen) atoms. The normalized spacial score (nSPS) is 18.9. The first-order valence-electron chi connectivity index (χ1n) is 6.10. The van der Waals surface area contributed by atoms with Crippen molar-refractivity contribution in [3.8, 4) is 0 Å². The standard InChI is InChI=1S/C13H20N2S/c1-10(14)13-7-6-12(8-15-13)16-9-11-4-2-3-5-11/h6-8,10-11H,2-5,9,14H2,1H3. The van der Waals surface area contributed by atoms with Crippen molar-refractivity contribution < 1.29 is 0 Å². The first-order chi connectivity index (χ1) is 7.75. The van der Waals surface area contributed by atoms with E-state index in [1.165, 1.54) is 36.3 Å².